The van der Waals surface area contributed by atoms with Crippen molar-refractivity contribution in [1.82, 2.24) is 0 Å². The fourth-order valence-electron chi connectivity index (χ4n) is 4.25. The largest absolute Gasteiger partial charge is 0.377 e. The van der Waals surface area contributed by atoms with E-state index in [1.54, 1.807) is 0 Å². The molecule has 2 heteroatoms. The van der Waals surface area contributed by atoms with Crippen molar-refractivity contribution in [2.75, 3.05) is 7.11 Å². The van der Waals surface area contributed by atoms with E-state index in [0.717, 1.165) is 18.8 Å². The number of methoxy groups -OCH3 is 1. The molecular formula is C18H27NO. The molecule has 2 aliphatic rings. The monoisotopic (exact) mass is 273 g/mol. The molecule has 0 amide bonds. The van der Waals surface area contributed by atoms with E-state index in [1.165, 1.54) is 24.8 Å². The Bertz CT molecular complexity index is 446. The first kappa shape index (κ1) is 14.1. The summed E-state index contributed by atoms with van der Waals surface area (Å²) >= 11 is 0. The summed E-state index contributed by atoms with van der Waals surface area (Å²) in [6.07, 6.45) is 6.07. The maximum atomic E-state index is 6.66. The molecule has 5 unspecified atom stereocenters. The average Bonchev–Trinajstić information content (AvgIpc) is 3.27. The molecule has 1 aromatic rings. The zero-order chi connectivity index (χ0) is 14.2. The van der Waals surface area contributed by atoms with Gasteiger partial charge in [0.25, 0.3) is 0 Å². The van der Waals surface area contributed by atoms with Gasteiger partial charge in [0.05, 0.1) is 5.60 Å². The molecule has 2 nitrogen and oxygen atoms in total. The maximum absolute atomic E-state index is 6.66. The molecule has 0 bridgehead atoms. The van der Waals surface area contributed by atoms with Crippen LogP contribution in [-0.4, -0.2) is 18.8 Å². The lowest BCUT2D eigenvalue weighted by molar-refractivity contribution is -0.0756. The van der Waals surface area contributed by atoms with Gasteiger partial charge in [-0.05, 0) is 42.6 Å². The molecule has 0 aliphatic heterocycles. The first-order chi connectivity index (χ1) is 9.66. The third-order valence-corrected chi connectivity index (χ3v) is 5.53. The van der Waals surface area contributed by atoms with Crippen molar-refractivity contribution in [3.05, 3.63) is 35.9 Å². The molecule has 0 radical (unpaired) electrons. The summed E-state index contributed by atoms with van der Waals surface area (Å²) in [4.78, 5) is 0. The van der Waals surface area contributed by atoms with Gasteiger partial charge < -0.3 is 10.5 Å². The Labute approximate surface area is 122 Å². The lowest BCUT2D eigenvalue weighted by Crippen LogP contribution is -2.53. The minimum atomic E-state index is -0.0775. The summed E-state index contributed by atoms with van der Waals surface area (Å²) in [7, 11) is 1.86. The van der Waals surface area contributed by atoms with Crippen LogP contribution in [0.3, 0.4) is 0 Å². The summed E-state index contributed by atoms with van der Waals surface area (Å²) < 4.78 is 5.97. The van der Waals surface area contributed by atoms with Crippen LogP contribution in [0.1, 0.15) is 50.5 Å². The molecule has 5 atom stereocenters. The molecule has 110 valence electrons. The topological polar surface area (TPSA) is 35.2 Å². The van der Waals surface area contributed by atoms with E-state index in [-0.39, 0.29) is 11.6 Å². The van der Waals surface area contributed by atoms with Crippen LogP contribution in [0.2, 0.25) is 0 Å². The van der Waals surface area contributed by atoms with Gasteiger partial charge in [-0.15, -0.1) is 0 Å². The summed E-state index contributed by atoms with van der Waals surface area (Å²) in [5.41, 5.74) is 8.03. The van der Waals surface area contributed by atoms with Gasteiger partial charge in [0.15, 0.2) is 0 Å². The normalized spacial score (nSPS) is 38.5. The number of hydrogen-bond acceptors (Lipinski definition) is 2. The molecule has 1 aromatic carbocycles. The van der Waals surface area contributed by atoms with E-state index in [2.05, 4.69) is 37.3 Å². The Morgan fingerprint density at radius 2 is 2.05 bits per heavy atom. The molecule has 0 heterocycles. The smallest absolute Gasteiger partial charge is 0.0834 e. The highest BCUT2D eigenvalue weighted by atomic mass is 16.5. The molecule has 0 aromatic heterocycles. The number of rotatable bonds is 4. The zero-order valence-electron chi connectivity index (χ0n) is 12.7. The lowest BCUT2D eigenvalue weighted by atomic mass is 9.73. The Kier molecular flexibility index (Phi) is 3.87. The molecule has 2 aliphatic carbocycles. The second kappa shape index (κ2) is 5.50. The van der Waals surface area contributed by atoms with E-state index >= 15 is 0 Å². The fraction of sp³-hybridized carbons (Fsp3) is 0.667. The Balaban J connectivity index is 1.71. The van der Waals surface area contributed by atoms with Crippen LogP contribution in [0.25, 0.3) is 0 Å². The predicted octanol–water partition coefficient (Wildman–Crippen LogP) is 3.71. The van der Waals surface area contributed by atoms with E-state index in [4.69, 9.17) is 10.5 Å². The third-order valence-electron chi connectivity index (χ3n) is 5.53. The second-order valence-electron chi connectivity index (χ2n) is 6.91. The van der Waals surface area contributed by atoms with Gasteiger partial charge >= 0.3 is 0 Å². The van der Waals surface area contributed by atoms with Crippen LogP contribution in [0, 0.1) is 11.8 Å². The standard InChI is InChI=1S/C18H27NO/c1-13-7-6-10-18(12-13,20-2)17(19)16-11-15(16)14-8-4-3-5-9-14/h3-5,8-9,13,15-17H,6-7,10-12,19H2,1-2H3. The van der Waals surface area contributed by atoms with Gasteiger partial charge in [0.2, 0.25) is 0 Å². The minimum absolute atomic E-state index is 0.0775. The molecule has 2 N–H and O–H groups in total. The number of ether oxygens (including phenoxy) is 1. The number of benzene rings is 1. The summed E-state index contributed by atoms with van der Waals surface area (Å²) in [6.45, 7) is 2.33. The van der Waals surface area contributed by atoms with Gasteiger partial charge in [0, 0.05) is 13.2 Å². The molecule has 2 fully saturated rings. The van der Waals surface area contributed by atoms with Crippen molar-refractivity contribution in [2.24, 2.45) is 17.6 Å². The first-order valence-corrected chi connectivity index (χ1v) is 8.02. The highest BCUT2D eigenvalue weighted by Crippen LogP contribution is 2.53. The Morgan fingerprint density at radius 1 is 1.30 bits per heavy atom. The van der Waals surface area contributed by atoms with Crippen LogP contribution in [-0.2, 0) is 4.74 Å². The number of nitrogens with two attached hydrogens (primary N) is 1. The van der Waals surface area contributed by atoms with Gasteiger partial charge in [0.1, 0.15) is 0 Å². The van der Waals surface area contributed by atoms with Crippen molar-refractivity contribution in [2.45, 2.75) is 56.6 Å². The van der Waals surface area contributed by atoms with Crippen molar-refractivity contribution >= 4 is 0 Å². The van der Waals surface area contributed by atoms with E-state index < -0.39 is 0 Å². The number of hydrogen-bond donors (Lipinski definition) is 1. The Morgan fingerprint density at radius 3 is 2.70 bits per heavy atom. The zero-order valence-corrected chi connectivity index (χ0v) is 12.7. The van der Waals surface area contributed by atoms with Gasteiger partial charge in [-0.25, -0.2) is 0 Å². The molecule has 20 heavy (non-hydrogen) atoms. The molecule has 3 rings (SSSR count). The van der Waals surface area contributed by atoms with Crippen LogP contribution in [0.15, 0.2) is 30.3 Å². The maximum Gasteiger partial charge on any atom is 0.0834 e. The highest BCUT2D eigenvalue weighted by molar-refractivity contribution is 5.27. The first-order valence-electron chi connectivity index (χ1n) is 8.02. The molecular weight excluding hydrogens is 246 g/mol. The van der Waals surface area contributed by atoms with Crippen LogP contribution < -0.4 is 5.73 Å². The van der Waals surface area contributed by atoms with Gasteiger partial charge in [-0.2, -0.15) is 0 Å². The van der Waals surface area contributed by atoms with Crippen LogP contribution in [0.5, 0.6) is 0 Å². The van der Waals surface area contributed by atoms with Gasteiger partial charge in [-0.3, -0.25) is 0 Å². The summed E-state index contributed by atoms with van der Waals surface area (Å²) in [5.74, 6) is 1.99. The van der Waals surface area contributed by atoms with Crippen molar-refractivity contribution < 1.29 is 4.74 Å². The second-order valence-corrected chi connectivity index (χ2v) is 6.91. The molecule has 0 saturated heterocycles. The van der Waals surface area contributed by atoms with Crippen LogP contribution in [0.4, 0.5) is 0 Å². The van der Waals surface area contributed by atoms with Crippen molar-refractivity contribution in [3.63, 3.8) is 0 Å². The van der Waals surface area contributed by atoms with Gasteiger partial charge in [-0.1, -0.05) is 50.1 Å². The third kappa shape index (κ3) is 2.51. The predicted molar refractivity (Wildman–Crippen MR) is 82.6 cm³/mol. The SMILES string of the molecule is COC1(C(N)C2CC2c2ccccc2)CCCC(C)C1. The lowest BCUT2D eigenvalue weighted by Gasteiger charge is -2.43. The van der Waals surface area contributed by atoms with E-state index in [9.17, 15) is 0 Å². The summed E-state index contributed by atoms with van der Waals surface area (Å²) in [6, 6.07) is 11.0. The minimum Gasteiger partial charge on any atom is -0.377 e. The van der Waals surface area contributed by atoms with E-state index in [0.29, 0.717) is 11.8 Å². The molecule has 2 saturated carbocycles. The summed E-state index contributed by atoms with van der Waals surface area (Å²) in [5, 5.41) is 0. The average molecular weight is 273 g/mol. The van der Waals surface area contributed by atoms with Crippen molar-refractivity contribution in [3.8, 4) is 0 Å². The fourth-order valence-corrected chi connectivity index (χ4v) is 4.25. The quantitative estimate of drug-likeness (QED) is 0.907. The van der Waals surface area contributed by atoms with Crippen molar-refractivity contribution in [1.29, 1.82) is 0 Å². The highest BCUT2D eigenvalue weighted by Gasteiger charge is 2.52. The molecule has 0 spiro atoms. The van der Waals surface area contributed by atoms with E-state index in [1.807, 2.05) is 7.11 Å². The Hall–Kier alpha value is -0.860. The van der Waals surface area contributed by atoms with Crippen LogP contribution >= 0.6 is 0 Å².